The molecule has 0 unspecified atom stereocenters. The first-order valence-corrected chi connectivity index (χ1v) is 7.64. The number of hydrogen-bond acceptors (Lipinski definition) is 6. The molecule has 0 fully saturated rings. The van der Waals surface area contributed by atoms with E-state index in [9.17, 15) is 4.79 Å². The molecule has 0 spiro atoms. The van der Waals surface area contributed by atoms with Crippen molar-refractivity contribution in [2.75, 3.05) is 31.4 Å². The molecule has 2 rings (SSSR count). The summed E-state index contributed by atoms with van der Waals surface area (Å²) >= 11 is 0. The number of nitrogens with one attached hydrogen (secondary N) is 2. The number of carbonyl (C=O) groups is 1. The number of ether oxygens (including phenoxy) is 2. The Morgan fingerprint density at radius 1 is 1.04 bits per heavy atom. The quantitative estimate of drug-likeness (QED) is 0.812. The number of amides is 1. The van der Waals surface area contributed by atoms with Crippen molar-refractivity contribution in [1.29, 1.82) is 0 Å². The van der Waals surface area contributed by atoms with E-state index in [1.54, 1.807) is 30.3 Å². The largest absolute Gasteiger partial charge is 0.497 e. The van der Waals surface area contributed by atoms with Crippen LogP contribution in [0.1, 0.15) is 24.2 Å². The van der Waals surface area contributed by atoms with Crippen molar-refractivity contribution >= 4 is 17.5 Å². The Labute approximate surface area is 141 Å². The number of nitrogens with zero attached hydrogens (tertiary/aromatic N) is 2. The zero-order valence-corrected chi connectivity index (χ0v) is 14.3. The fourth-order valence-electron chi connectivity index (χ4n) is 1.93. The summed E-state index contributed by atoms with van der Waals surface area (Å²) in [5.41, 5.74) is 0.412. The molecule has 0 atom stereocenters. The fraction of sp³-hybridized carbons (Fsp3) is 0.353. The number of rotatable bonds is 7. The van der Waals surface area contributed by atoms with Gasteiger partial charge in [0.1, 0.15) is 17.3 Å². The van der Waals surface area contributed by atoms with E-state index in [-0.39, 0.29) is 5.91 Å². The van der Waals surface area contributed by atoms with Gasteiger partial charge in [-0.3, -0.25) is 4.79 Å². The molecule has 0 aliphatic rings. The first kappa shape index (κ1) is 17.5. The lowest BCUT2D eigenvalue weighted by Gasteiger charge is -2.10. The molecular formula is C17H22N4O3. The third-order valence-corrected chi connectivity index (χ3v) is 3.21. The van der Waals surface area contributed by atoms with E-state index in [0.29, 0.717) is 34.6 Å². The maximum atomic E-state index is 12.3. The summed E-state index contributed by atoms with van der Waals surface area (Å²) in [6.07, 6.45) is 0. The van der Waals surface area contributed by atoms with E-state index in [2.05, 4.69) is 34.7 Å². The monoisotopic (exact) mass is 330 g/mol. The minimum Gasteiger partial charge on any atom is -0.497 e. The van der Waals surface area contributed by atoms with Crippen LogP contribution in [0.4, 0.5) is 11.6 Å². The van der Waals surface area contributed by atoms with Crippen LogP contribution in [0.3, 0.4) is 0 Å². The number of carbonyl (C=O) groups excluding carboxylic acids is 1. The summed E-state index contributed by atoms with van der Waals surface area (Å²) in [5.74, 6) is 2.32. The third kappa shape index (κ3) is 4.84. The number of benzene rings is 1. The van der Waals surface area contributed by atoms with Crippen LogP contribution >= 0.6 is 0 Å². The third-order valence-electron chi connectivity index (χ3n) is 3.21. The molecular weight excluding hydrogens is 308 g/mol. The van der Waals surface area contributed by atoms with Gasteiger partial charge < -0.3 is 20.1 Å². The average molecular weight is 330 g/mol. The lowest BCUT2D eigenvalue weighted by molar-refractivity contribution is 0.102. The normalized spacial score (nSPS) is 10.4. The first-order chi connectivity index (χ1) is 11.5. The van der Waals surface area contributed by atoms with Gasteiger partial charge in [-0.15, -0.1) is 10.2 Å². The van der Waals surface area contributed by atoms with Gasteiger partial charge in [-0.05, 0) is 30.2 Å². The molecule has 0 aliphatic carbocycles. The molecule has 1 heterocycles. The summed E-state index contributed by atoms with van der Waals surface area (Å²) < 4.78 is 10.3. The number of aromatic nitrogens is 2. The van der Waals surface area contributed by atoms with Crippen molar-refractivity contribution in [1.82, 2.24) is 10.2 Å². The molecule has 0 radical (unpaired) electrons. The Kier molecular flexibility index (Phi) is 5.95. The summed E-state index contributed by atoms with van der Waals surface area (Å²) in [6, 6.07) is 8.43. The Bertz CT molecular complexity index is 664. The van der Waals surface area contributed by atoms with Gasteiger partial charge in [0.15, 0.2) is 5.82 Å². The van der Waals surface area contributed by atoms with E-state index >= 15 is 0 Å². The predicted octanol–water partition coefficient (Wildman–Crippen LogP) is 2.81. The van der Waals surface area contributed by atoms with Gasteiger partial charge in [0, 0.05) is 18.2 Å². The van der Waals surface area contributed by atoms with Crippen LogP contribution < -0.4 is 20.1 Å². The van der Waals surface area contributed by atoms with Crippen LogP contribution in [0.25, 0.3) is 0 Å². The Hall–Kier alpha value is -2.83. The van der Waals surface area contributed by atoms with E-state index in [1.807, 2.05) is 0 Å². The second kappa shape index (κ2) is 8.14. The van der Waals surface area contributed by atoms with Gasteiger partial charge >= 0.3 is 0 Å². The average Bonchev–Trinajstić information content (AvgIpc) is 2.60. The molecule has 7 heteroatoms. The van der Waals surface area contributed by atoms with Crippen LogP contribution in [-0.2, 0) is 0 Å². The minimum absolute atomic E-state index is 0.315. The number of hydrogen-bond donors (Lipinski definition) is 2. The van der Waals surface area contributed by atoms with Crippen molar-refractivity contribution in [3.05, 3.63) is 35.9 Å². The topological polar surface area (TPSA) is 85.4 Å². The summed E-state index contributed by atoms with van der Waals surface area (Å²) in [6.45, 7) is 5.03. The lowest BCUT2D eigenvalue weighted by Crippen LogP contribution is -2.14. The zero-order chi connectivity index (χ0) is 17.5. The minimum atomic E-state index is -0.315. The van der Waals surface area contributed by atoms with Crippen LogP contribution in [-0.4, -0.2) is 36.9 Å². The Balaban J connectivity index is 2.06. The van der Waals surface area contributed by atoms with Gasteiger partial charge in [0.05, 0.1) is 14.2 Å². The molecule has 0 bridgehead atoms. The van der Waals surface area contributed by atoms with Crippen LogP contribution in [0.5, 0.6) is 11.5 Å². The van der Waals surface area contributed by atoms with E-state index in [0.717, 1.165) is 6.54 Å². The number of anilines is 2. The molecule has 2 N–H and O–H groups in total. The van der Waals surface area contributed by atoms with Gasteiger partial charge in [-0.1, -0.05) is 13.8 Å². The van der Waals surface area contributed by atoms with Gasteiger partial charge in [-0.25, -0.2) is 0 Å². The molecule has 1 aromatic carbocycles. The van der Waals surface area contributed by atoms with Crippen molar-refractivity contribution in [2.45, 2.75) is 13.8 Å². The van der Waals surface area contributed by atoms with Crippen molar-refractivity contribution in [2.24, 2.45) is 5.92 Å². The van der Waals surface area contributed by atoms with Crippen molar-refractivity contribution in [3.63, 3.8) is 0 Å². The van der Waals surface area contributed by atoms with Crippen LogP contribution in [0.2, 0.25) is 0 Å². The molecule has 24 heavy (non-hydrogen) atoms. The van der Waals surface area contributed by atoms with Gasteiger partial charge in [0.25, 0.3) is 5.91 Å². The molecule has 2 aromatic rings. The molecule has 128 valence electrons. The second-order valence-corrected chi connectivity index (χ2v) is 5.63. The van der Waals surface area contributed by atoms with Crippen LogP contribution in [0.15, 0.2) is 30.3 Å². The molecule has 1 amide bonds. The van der Waals surface area contributed by atoms with Crippen molar-refractivity contribution in [3.8, 4) is 11.5 Å². The SMILES string of the molecule is COc1cc(OC)cc(C(=O)Nc2ccc(NCC(C)C)nn2)c1. The Morgan fingerprint density at radius 3 is 2.12 bits per heavy atom. The number of methoxy groups -OCH3 is 2. The van der Waals surface area contributed by atoms with E-state index in [4.69, 9.17) is 9.47 Å². The van der Waals surface area contributed by atoms with E-state index in [1.165, 1.54) is 14.2 Å². The molecule has 1 aromatic heterocycles. The zero-order valence-electron chi connectivity index (χ0n) is 14.3. The molecule has 0 aliphatic heterocycles. The summed E-state index contributed by atoms with van der Waals surface area (Å²) in [7, 11) is 3.07. The highest BCUT2D eigenvalue weighted by molar-refractivity contribution is 6.04. The standard InChI is InChI=1S/C17H22N4O3/c1-11(2)10-18-15-5-6-16(21-20-15)19-17(22)12-7-13(23-3)9-14(8-12)24-4/h5-9,11H,10H2,1-4H3,(H,18,20)(H,19,21,22). The van der Waals surface area contributed by atoms with Gasteiger partial charge in [-0.2, -0.15) is 0 Å². The molecule has 0 saturated carbocycles. The summed E-state index contributed by atoms with van der Waals surface area (Å²) in [5, 5.41) is 13.9. The highest BCUT2D eigenvalue weighted by Crippen LogP contribution is 2.23. The Morgan fingerprint density at radius 2 is 1.62 bits per heavy atom. The smallest absolute Gasteiger partial charge is 0.257 e. The second-order valence-electron chi connectivity index (χ2n) is 5.63. The van der Waals surface area contributed by atoms with E-state index < -0.39 is 0 Å². The van der Waals surface area contributed by atoms with Gasteiger partial charge in [0.2, 0.25) is 0 Å². The maximum Gasteiger partial charge on any atom is 0.257 e. The van der Waals surface area contributed by atoms with Crippen molar-refractivity contribution < 1.29 is 14.3 Å². The summed E-state index contributed by atoms with van der Waals surface area (Å²) in [4.78, 5) is 12.3. The fourth-order valence-corrected chi connectivity index (χ4v) is 1.93. The van der Waals surface area contributed by atoms with Crippen LogP contribution in [0, 0.1) is 5.92 Å². The maximum absolute atomic E-state index is 12.3. The predicted molar refractivity (Wildman–Crippen MR) is 92.9 cm³/mol. The first-order valence-electron chi connectivity index (χ1n) is 7.64. The lowest BCUT2D eigenvalue weighted by atomic mass is 10.2. The molecule has 0 saturated heterocycles. The molecule has 7 nitrogen and oxygen atoms in total. The highest BCUT2D eigenvalue weighted by atomic mass is 16.5. The highest BCUT2D eigenvalue weighted by Gasteiger charge is 2.11.